The van der Waals surface area contributed by atoms with Crippen LogP contribution in [0.4, 0.5) is 18.0 Å². The second-order valence-corrected chi connectivity index (χ2v) is 8.49. The molecule has 0 aromatic carbocycles. The van der Waals surface area contributed by atoms with Crippen molar-refractivity contribution in [3.8, 4) is 5.75 Å². The molecule has 0 unspecified atom stereocenters. The minimum atomic E-state index is -4.47. The molecule has 0 spiro atoms. The lowest BCUT2D eigenvalue weighted by atomic mass is 9.88. The first-order valence-electron chi connectivity index (χ1n) is 10.6. The molecule has 31 heavy (non-hydrogen) atoms. The maximum atomic E-state index is 12.9. The molecule has 4 rings (SSSR count). The molecule has 3 saturated heterocycles. The number of ketones is 1. The Hall–Kier alpha value is -2.36. The van der Waals surface area contributed by atoms with E-state index in [1.54, 1.807) is 0 Å². The summed E-state index contributed by atoms with van der Waals surface area (Å²) in [6.45, 7) is 2.98. The van der Waals surface area contributed by atoms with Gasteiger partial charge in [-0.2, -0.15) is 13.2 Å². The lowest BCUT2D eigenvalue weighted by Gasteiger charge is -2.43. The average molecular weight is 441 g/mol. The van der Waals surface area contributed by atoms with E-state index in [0.717, 1.165) is 31.5 Å². The maximum Gasteiger partial charge on any atom is 0.433 e. The van der Waals surface area contributed by atoms with Crippen molar-refractivity contribution < 1.29 is 32.2 Å². The van der Waals surface area contributed by atoms with Crippen molar-refractivity contribution in [1.29, 1.82) is 0 Å². The second kappa shape index (κ2) is 9.02. The number of hydrogen-bond acceptors (Lipinski definition) is 5. The number of rotatable bonds is 3. The zero-order chi connectivity index (χ0) is 22.0. The normalized spacial score (nSPS) is 25.3. The van der Waals surface area contributed by atoms with Gasteiger partial charge in [0.2, 0.25) is 0 Å². The molecule has 7 nitrogen and oxygen atoms in total. The minimum absolute atomic E-state index is 0.00257. The Morgan fingerprint density at radius 3 is 2.58 bits per heavy atom. The highest BCUT2D eigenvalue weighted by molar-refractivity contribution is 5.81. The van der Waals surface area contributed by atoms with Gasteiger partial charge >= 0.3 is 12.2 Å². The quantitative estimate of drug-likeness (QED) is 0.721. The number of piperidine rings is 2. The Morgan fingerprint density at radius 2 is 1.90 bits per heavy atom. The molecule has 2 atom stereocenters. The third-order valence-corrected chi connectivity index (χ3v) is 6.28. The van der Waals surface area contributed by atoms with Crippen molar-refractivity contribution in [1.82, 2.24) is 14.8 Å². The van der Waals surface area contributed by atoms with Crippen LogP contribution in [-0.4, -0.2) is 72.1 Å². The van der Waals surface area contributed by atoms with Crippen LogP contribution in [0.5, 0.6) is 5.75 Å². The second-order valence-electron chi connectivity index (χ2n) is 8.49. The van der Waals surface area contributed by atoms with Crippen molar-refractivity contribution in [3.05, 3.63) is 24.0 Å². The van der Waals surface area contributed by atoms with Gasteiger partial charge in [0.25, 0.3) is 0 Å². The van der Waals surface area contributed by atoms with Crippen LogP contribution in [0.3, 0.4) is 0 Å². The summed E-state index contributed by atoms with van der Waals surface area (Å²) >= 11 is 0. The fourth-order valence-electron chi connectivity index (χ4n) is 4.49. The van der Waals surface area contributed by atoms with Gasteiger partial charge in [0.1, 0.15) is 18.1 Å². The molecular formula is C21H26F3N3O4. The summed E-state index contributed by atoms with van der Waals surface area (Å²) in [5.74, 6) is 0.710. The van der Waals surface area contributed by atoms with Crippen molar-refractivity contribution >= 4 is 11.8 Å². The van der Waals surface area contributed by atoms with E-state index < -0.39 is 11.9 Å². The van der Waals surface area contributed by atoms with E-state index in [0.29, 0.717) is 45.0 Å². The van der Waals surface area contributed by atoms with Crippen molar-refractivity contribution in [3.63, 3.8) is 0 Å². The number of halogens is 3. The molecule has 1 aromatic heterocycles. The van der Waals surface area contributed by atoms with Gasteiger partial charge in [0.15, 0.2) is 5.78 Å². The van der Waals surface area contributed by atoms with Gasteiger partial charge in [-0.25, -0.2) is 9.78 Å². The molecule has 0 aliphatic carbocycles. The van der Waals surface area contributed by atoms with E-state index in [9.17, 15) is 22.8 Å². The number of likely N-dealkylation sites (tertiary alicyclic amines) is 2. The van der Waals surface area contributed by atoms with Gasteiger partial charge in [-0.1, -0.05) is 0 Å². The average Bonchev–Trinajstić information content (AvgIpc) is 2.76. The summed E-state index contributed by atoms with van der Waals surface area (Å²) in [6.07, 6.45) is -0.536. The molecule has 0 N–H and O–H groups in total. The fourth-order valence-corrected chi connectivity index (χ4v) is 4.49. The van der Waals surface area contributed by atoms with Gasteiger partial charge in [-0.05, 0) is 37.3 Å². The molecule has 2 amide bonds. The highest BCUT2D eigenvalue weighted by atomic mass is 19.4. The minimum Gasteiger partial charge on any atom is -0.492 e. The Morgan fingerprint density at radius 1 is 1.16 bits per heavy atom. The SMILES string of the molecule is O=C1CO[C@@H]2CCN(C(=O)N3CCC(COc4ccc(C(F)(F)F)nc4)CC3)C[C@@H]2C1. The first-order chi connectivity index (χ1) is 14.8. The topological polar surface area (TPSA) is 72.0 Å². The third kappa shape index (κ3) is 5.28. The smallest absolute Gasteiger partial charge is 0.433 e. The summed E-state index contributed by atoms with van der Waals surface area (Å²) in [4.78, 5) is 31.6. The monoisotopic (exact) mass is 441 g/mol. The van der Waals surface area contributed by atoms with Crippen molar-refractivity contribution in [2.75, 3.05) is 39.4 Å². The lowest BCUT2D eigenvalue weighted by Crippen LogP contribution is -2.54. The highest BCUT2D eigenvalue weighted by Crippen LogP contribution is 2.30. The Kier molecular flexibility index (Phi) is 6.36. The first-order valence-corrected chi connectivity index (χ1v) is 10.6. The maximum absolute atomic E-state index is 12.9. The van der Waals surface area contributed by atoms with Crippen LogP contribution in [0.1, 0.15) is 31.4 Å². The van der Waals surface area contributed by atoms with Gasteiger partial charge in [0, 0.05) is 38.5 Å². The first kappa shape index (κ1) is 21.9. The molecule has 4 heterocycles. The zero-order valence-electron chi connectivity index (χ0n) is 17.1. The molecule has 10 heteroatoms. The molecule has 170 valence electrons. The zero-order valence-corrected chi connectivity index (χ0v) is 17.1. The standard InChI is InChI=1S/C21H26F3N3O4/c22-21(23,24)19-2-1-17(10-25-19)30-12-14-3-6-26(7-4-14)20(29)27-8-5-18-15(11-27)9-16(28)13-31-18/h1-2,10,14-15,18H,3-9,11-13H2/t15-,18+/m0/s1. The molecule has 3 fully saturated rings. The van der Waals surface area contributed by atoms with Crippen molar-refractivity contribution in [2.45, 2.75) is 38.0 Å². The van der Waals surface area contributed by atoms with Crippen LogP contribution in [-0.2, 0) is 15.7 Å². The van der Waals surface area contributed by atoms with E-state index >= 15 is 0 Å². The number of nitrogens with zero attached hydrogens (tertiary/aromatic N) is 3. The number of amides is 2. The fraction of sp³-hybridized carbons (Fsp3) is 0.667. The highest BCUT2D eigenvalue weighted by Gasteiger charge is 2.38. The predicted molar refractivity (Wildman–Crippen MR) is 103 cm³/mol. The Labute approximate surface area is 178 Å². The molecule has 0 radical (unpaired) electrons. The van der Waals surface area contributed by atoms with Crippen LogP contribution < -0.4 is 4.74 Å². The van der Waals surface area contributed by atoms with E-state index in [1.165, 1.54) is 6.07 Å². The molecule has 0 bridgehead atoms. The number of aromatic nitrogens is 1. The number of carbonyl (C=O) groups excluding carboxylic acids is 2. The number of carbonyl (C=O) groups is 2. The summed E-state index contributed by atoms with van der Waals surface area (Å²) in [5.41, 5.74) is -0.945. The van der Waals surface area contributed by atoms with E-state index in [4.69, 9.17) is 9.47 Å². The summed E-state index contributed by atoms with van der Waals surface area (Å²) in [5, 5.41) is 0. The van der Waals surface area contributed by atoms with Crippen molar-refractivity contribution in [2.24, 2.45) is 11.8 Å². The molecule has 0 saturated carbocycles. The summed E-state index contributed by atoms with van der Waals surface area (Å²) in [7, 11) is 0. The van der Waals surface area contributed by atoms with Crippen LogP contribution in [0.15, 0.2) is 18.3 Å². The number of urea groups is 1. The third-order valence-electron chi connectivity index (χ3n) is 6.28. The van der Waals surface area contributed by atoms with E-state index in [-0.39, 0.29) is 36.4 Å². The number of fused-ring (bicyclic) bond motifs is 1. The molecule has 1 aromatic rings. The van der Waals surface area contributed by atoms with Crippen LogP contribution >= 0.6 is 0 Å². The Bertz CT molecular complexity index is 794. The largest absolute Gasteiger partial charge is 0.492 e. The number of pyridine rings is 1. The Balaban J connectivity index is 1.21. The van der Waals surface area contributed by atoms with Crippen LogP contribution in [0.25, 0.3) is 0 Å². The van der Waals surface area contributed by atoms with Gasteiger partial charge in [0.05, 0.1) is 18.9 Å². The van der Waals surface area contributed by atoms with E-state index in [1.807, 2.05) is 9.80 Å². The number of ether oxygens (including phenoxy) is 2. The molecule has 3 aliphatic heterocycles. The lowest BCUT2D eigenvalue weighted by molar-refractivity contribution is -0.141. The molecular weight excluding hydrogens is 415 g/mol. The number of alkyl halides is 3. The van der Waals surface area contributed by atoms with Gasteiger partial charge in [-0.3, -0.25) is 4.79 Å². The predicted octanol–water partition coefficient (Wildman–Crippen LogP) is 2.99. The van der Waals surface area contributed by atoms with Crippen LogP contribution in [0, 0.1) is 11.8 Å². The summed E-state index contributed by atoms with van der Waals surface area (Å²) < 4.78 is 48.9. The van der Waals surface area contributed by atoms with E-state index in [2.05, 4.69) is 4.98 Å². The molecule has 3 aliphatic rings. The van der Waals surface area contributed by atoms with Gasteiger partial charge < -0.3 is 19.3 Å². The summed E-state index contributed by atoms with van der Waals surface area (Å²) in [6, 6.07) is 2.19. The number of hydrogen-bond donors (Lipinski definition) is 0. The van der Waals surface area contributed by atoms with Crippen LogP contribution in [0.2, 0.25) is 0 Å². The number of Topliss-reactive ketones (excluding diaryl/α,β-unsaturated/α-hetero) is 1. The van der Waals surface area contributed by atoms with Gasteiger partial charge in [-0.15, -0.1) is 0 Å².